The molecular formula is C17H25N3O3Si. The molecule has 7 heteroatoms. The fourth-order valence-electron chi connectivity index (χ4n) is 2.32. The summed E-state index contributed by atoms with van der Waals surface area (Å²) in [4.78, 5) is 12.7. The van der Waals surface area contributed by atoms with E-state index in [2.05, 4.69) is 37.0 Å². The summed E-state index contributed by atoms with van der Waals surface area (Å²) in [5, 5.41) is 8.02. The third-order valence-electron chi connectivity index (χ3n) is 4.42. The van der Waals surface area contributed by atoms with Gasteiger partial charge in [-0.15, -0.1) is 11.5 Å². The molecule has 0 spiro atoms. The zero-order chi connectivity index (χ0) is 17.6. The van der Waals surface area contributed by atoms with Gasteiger partial charge in [0.15, 0.2) is 12.2 Å². The zero-order valence-corrected chi connectivity index (χ0v) is 15.8. The molecule has 0 amide bonds. The Bertz CT molecular complexity index is 700. The normalized spacial score (nSPS) is 14.3. The Balaban J connectivity index is 2.04. The van der Waals surface area contributed by atoms with Crippen LogP contribution in [0.4, 0.5) is 0 Å². The minimum Gasteiger partial charge on any atom is -0.391 e. The molecule has 1 unspecified atom stereocenters. The van der Waals surface area contributed by atoms with Crippen LogP contribution in [0.25, 0.3) is 11.0 Å². The maximum absolute atomic E-state index is 5.86. The van der Waals surface area contributed by atoms with Crippen LogP contribution in [0.3, 0.4) is 0 Å². The summed E-state index contributed by atoms with van der Waals surface area (Å²) in [7, 11) is -1.89. The number of benzene rings is 1. The molecule has 1 atom stereocenters. The number of terminal acetylenes is 1. The lowest BCUT2D eigenvalue weighted by molar-refractivity contribution is -0.289. The van der Waals surface area contributed by atoms with Crippen molar-refractivity contribution in [3.63, 3.8) is 0 Å². The van der Waals surface area contributed by atoms with Crippen molar-refractivity contribution in [2.75, 3.05) is 6.61 Å². The van der Waals surface area contributed by atoms with E-state index in [1.807, 2.05) is 24.3 Å². The lowest BCUT2D eigenvalue weighted by atomic mass is 10.1. The molecule has 0 radical (unpaired) electrons. The summed E-state index contributed by atoms with van der Waals surface area (Å²) in [6.45, 7) is 8.28. The van der Waals surface area contributed by atoms with E-state index in [0.29, 0.717) is 0 Å². The number of fused-ring (bicyclic) bond motifs is 1. The molecule has 0 aliphatic heterocycles. The number of rotatable bonds is 9. The van der Waals surface area contributed by atoms with E-state index in [0.717, 1.165) is 29.2 Å². The van der Waals surface area contributed by atoms with Gasteiger partial charge in [0.25, 0.3) is 0 Å². The minimum absolute atomic E-state index is 0.110. The van der Waals surface area contributed by atoms with Crippen molar-refractivity contribution in [2.45, 2.75) is 51.4 Å². The van der Waals surface area contributed by atoms with Gasteiger partial charge in [-0.05, 0) is 42.4 Å². The second kappa shape index (κ2) is 7.79. The van der Waals surface area contributed by atoms with Crippen LogP contribution in [0.1, 0.15) is 27.7 Å². The maximum Gasteiger partial charge on any atom is 0.238 e. The Morgan fingerprint density at radius 2 is 1.88 bits per heavy atom. The quantitative estimate of drug-likeness (QED) is 0.302. The second-order valence-electron chi connectivity index (χ2n) is 6.01. The smallest absolute Gasteiger partial charge is 0.238 e. The van der Waals surface area contributed by atoms with Gasteiger partial charge in [-0.2, -0.15) is 0 Å². The van der Waals surface area contributed by atoms with E-state index in [4.69, 9.17) is 20.7 Å². The first-order valence-electron chi connectivity index (χ1n) is 8.29. The van der Waals surface area contributed by atoms with Gasteiger partial charge in [0.1, 0.15) is 11.0 Å². The molecule has 24 heavy (non-hydrogen) atoms. The number of para-hydroxylation sites is 1. The van der Waals surface area contributed by atoms with Gasteiger partial charge in [-0.3, -0.25) is 4.58 Å². The first kappa shape index (κ1) is 18.5. The minimum atomic E-state index is -1.89. The van der Waals surface area contributed by atoms with E-state index in [-0.39, 0.29) is 6.61 Å². The van der Waals surface area contributed by atoms with Crippen molar-refractivity contribution in [1.29, 1.82) is 0 Å². The van der Waals surface area contributed by atoms with E-state index in [1.54, 1.807) is 6.92 Å². The van der Waals surface area contributed by atoms with Crippen molar-refractivity contribution < 1.29 is 14.3 Å². The van der Waals surface area contributed by atoms with Gasteiger partial charge in [0.2, 0.25) is 8.32 Å². The monoisotopic (exact) mass is 347 g/mol. The first-order chi connectivity index (χ1) is 11.5. The Hall–Kier alpha value is -1.88. The highest BCUT2D eigenvalue weighted by Gasteiger charge is 2.35. The number of aromatic nitrogens is 3. The molecule has 1 aromatic carbocycles. The van der Waals surface area contributed by atoms with Crippen molar-refractivity contribution in [3.8, 4) is 12.3 Å². The van der Waals surface area contributed by atoms with E-state index >= 15 is 0 Å². The summed E-state index contributed by atoms with van der Waals surface area (Å²) in [5.41, 5.74) is 0.536. The van der Waals surface area contributed by atoms with Crippen LogP contribution in [0, 0.1) is 12.3 Å². The van der Waals surface area contributed by atoms with Crippen molar-refractivity contribution in [3.05, 3.63) is 24.3 Å². The second-order valence-corrected chi connectivity index (χ2v) is 10.7. The van der Waals surface area contributed by atoms with Gasteiger partial charge in [-0.25, -0.2) is 4.89 Å². The van der Waals surface area contributed by atoms with E-state index < -0.39 is 13.9 Å². The average molecular weight is 347 g/mol. The predicted octanol–water partition coefficient (Wildman–Crippen LogP) is 3.21. The summed E-state index contributed by atoms with van der Waals surface area (Å²) in [5.74, 6) is 2.62. The number of nitrogens with zero attached hydrogens (tertiary/aromatic N) is 3. The van der Waals surface area contributed by atoms with Crippen molar-refractivity contribution in [1.82, 2.24) is 15.2 Å². The van der Waals surface area contributed by atoms with Crippen LogP contribution in [0.15, 0.2) is 24.3 Å². The summed E-state index contributed by atoms with van der Waals surface area (Å²) in [6, 6.07) is 10.5. The molecule has 6 nitrogen and oxygen atoms in total. The predicted molar refractivity (Wildman–Crippen MR) is 95.6 cm³/mol. The molecule has 0 aliphatic carbocycles. The van der Waals surface area contributed by atoms with Gasteiger partial charge in [0, 0.05) is 0 Å². The van der Waals surface area contributed by atoms with E-state index in [9.17, 15) is 0 Å². The Kier molecular flexibility index (Phi) is 5.99. The summed E-state index contributed by atoms with van der Waals surface area (Å²) >= 11 is 0. The lowest BCUT2D eigenvalue weighted by Crippen LogP contribution is -2.43. The fraction of sp³-hybridized carbons (Fsp3) is 0.529. The highest BCUT2D eigenvalue weighted by molar-refractivity contribution is 6.73. The average Bonchev–Trinajstić information content (AvgIpc) is 3.05. The van der Waals surface area contributed by atoms with Crippen molar-refractivity contribution in [2.24, 2.45) is 0 Å². The first-order valence-corrected chi connectivity index (χ1v) is 10.8. The molecule has 1 aromatic heterocycles. The highest BCUT2D eigenvalue weighted by Crippen LogP contribution is 2.24. The van der Waals surface area contributed by atoms with Crippen LogP contribution in [0.2, 0.25) is 18.1 Å². The molecule has 0 fully saturated rings. The highest BCUT2D eigenvalue weighted by atomic mass is 28.4. The van der Waals surface area contributed by atoms with Crippen molar-refractivity contribution >= 4 is 19.4 Å². The Morgan fingerprint density at radius 3 is 2.50 bits per heavy atom. The molecule has 0 N–H and O–H groups in total. The Morgan fingerprint density at radius 1 is 1.21 bits per heavy atom. The van der Waals surface area contributed by atoms with E-state index in [1.165, 1.54) is 4.85 Å². The molecule has 0 saturated carbocycles. The molecular weight excluding hydrogens is 322 g/mol. The van der Waals surface area contributed by atoms with Gasteiger partial charge >= 0.3 is 0 Å². The molecule has 0 aliphatic rings. The van der Waals surface area contributed by atoms with Gasteiger partial charge in [0.05, 0.1) is 0 Å². The zero-order valence-electron chi connectivity index (χ0n) is 14.8. The molecule has 2 rings (SSSR count). The van der Waals surface area contributed by atoms with Crippen LogP contribution in [0.5, 0.6) is 0 Å². The van der Waals surface area contributed by atoms with Gasteiger partial charge in [-0.1, -0.05) is 43.7 Å². The summed E-state index contributed by atoms with van der Waals surface area (Å²) < 4.78 is 5.86. The van der Waals surface area contributed by atoms with Crippen LogP contribution < -0.4 is 4.84 Å². The number of hydrogen-bond acceptors (Lipinski definition) is 5. The fourth-order valence-corrected chi connectivity index (χ4v) is 4.54. The molecule has 130 valence electrons. The SMILES string of the molecule is C#CC(C)(COn1nnc2ccccc21)OO[Si](CC)(CC)CC. The van der Waals surface area contributed by atoms with Crippen LogP contribution in [-0.4, -0.2) is 35.7 Å². The molecule has 0 saturated heterocycles. The molecule has 1 heterocycles. The topological polar surface area (TPSA) is 58.4 Å². The summed E-state index contributed by atoms with van der Waals surface area (Å²) in [6.07, 6.45) is 5.65. The third kappa shape index (κ3) is 3.95. The maximum atomic E-state index is 5.86. The molecule has 2 aromatic rings. The van der Waals surface area contributed by atoms with Crippen LogP contribution in [-0.2, 0) is 9.46 Å². The number of hydrogen-bond donors (Lipinski definition) is 0. The largest absolute Gasteiger partial charge is 0.391 e. The lowest BCUT2D eigenvalue weighted by Gasteiger charge is -2.31. The standard InChI is InChI=1S/C17H25N3O3Si/c1-6-17(5,22-23-24(7-2,8-3)9-4)14-21-20-16-13-11-10-12-15(16)18-19-20/h1,10-13H,7-9,14H2,2-5H3. The van der Waals surface area contributed by atoms with Crippen LogP contribution >= 0.6 is 0 Å². The third-order valence-corrected chi connectivity index (χ3v) is 8.73. The molecule has 0 bridgehead atoms. The Labute approximate surface area is 144 Å². The van der Waals surface area contributed by atoms with Gasteiger partial charge < -0.3 is 4.84 Å².